The zero-order chi connectivity index (χ0) is 18.9. The number of imidazole rings is 1. The van der Waals surface area contributed by atoms with E-state index in [4.69, 9.17) is 16.3 Å². The van der Waals surface area contributed by atoms with Crippen molar-refractivity contribution in [3.8, 4) is 5.75 Å². The minimum absolute atomic E-state index is 0.0576. The fourth-order valence-electron chi connectivity index (χ4n) is 2.20. The summed E-state index contributed by atoms with van der Waals surface area (Å²) in [5.74, 6) is 1.53. The molecule has 0 atom stereocenters. The van der Waals surface area contributed by atoms with Gasteiger partial charge >= 0.3 is 6.55 Å². The zero-order valence-electron chi connectivity index (χ0n) is 14.7. The number of aliphatic imine (C=N–C) groups is 1. The van der Waals surface area contributed by atoms with E-state index in [9.17, 15) is 8.78 Å². The lowest BCUT2D eigenvalue weighted by atomic mass is 10.3. The molecule has 26 heavy (non-hydrogen) atoms. The molecular weight excluding hydrogens is 364 g/mol. The SMILES string of the molecule is CCNC(=NCc1nccn1C(F)F)N(C)CCOc1ccc(Cl)cc1. The highest BCUT2D eigenvalue weighted by molar-refractivity contribution is 6.30. The summed E-state index contributed by atoms with van der Waals surface area (Å²) in [5, 5.41) is 3.78. The monoisotopic (exact) mass is 385 g/mol. The molecule has 0 aliphatic rings. The van der Waals surface area contributed by atoms with Crippen molar-refractivity contribution in [2.24, 2.45) is 4.99 Å². The van der Waals surface area contributed by atoms with Gasteiger partial charge < -0.3 is 15.0 Å². The van der Waals surface area contributed by atoms with Crippen LogP contribution in [-0.2, 0) is 6.54 Å². The minimum Gasteiger partial charge on any atom is -0.492 e. The standard InChI is InChI=1S/C17H22ClF2N5O/c1-3-21-17(23-12-15-22-8-9-25(15)16(19)20)24(2)10-11-26-14-6-4-13(18)5-7-14/h4-9,16H,3,10-12H2,1-2H3,(H,21,23). The van der Waals surface area contributed by atoms with Crippen LogP contribution in [0, 0.1) is 0 Å². The van der Waals surface area contributed by atoms with Gasteiger partial charge in [-0.25, -0.2) is 9.98 Å². The van der Waals surface area contributed by atoms with Crippen molar-refractivity contribution in [2.45, 2.75) is 20.0 Å². The highest BCUT2D eigenvalue weighted by Gasteiger charge is 2.12. The van der Waals surface area contributed by atoms with E-state index in [-0.39, 0.29) is 12.4 Å². The summed E-state index contributed by atoms with van der Waals surface area (Å²) in [6.45, 7) is 1.03. The van der Waals surface area contributed by atoms with Crippen LogP contribution in [0.2, 0.25) is 5.02 Å². The lowest BCUT2D eigenvalue weighted by Crippen LogP contribution is -2.41. The quantitative estimate of drug-likeness (QED) is 0.559. The molecule has 0 aliphatic carbocycles. The van der Waals surface area contributed by atoms with Gasteiger partial charge in [-0.2, -0.15) is 8.78 Å². The van der Waals surface area contributed by atoms with Gasteiger partial charge in [-0.05, 0) is 31.2 Å². The van der Waals surface area contributed by atoms with Crippen molar-refractivity contribution < 1.29 is 13.5 Å². The molecule has 0 aliphatic heterocycles. The number of alkyl halides is 2. The summed E-state index contributed by atoms with van der Waals surface area (Å²) < 4.78 is 32.2. The van der Waals surface area contributed by atoms with Gasteiger partial charge in [-0.1, -0.05) is 11.6 Å². The van der Waals surface area contributed by atoms with Gasteiger partial charge in [-0.15, -0.1) is 0 Å². The summed E-state index contributed by atoms with van der Waals surface area (Å²) in [4.78, 5) is 10.2. The van der Waals surface area contributed by atoms with Crippen molar-refractivity contribution in [1.82, 2.24) is 19.8 Å². The second-order valence-corrected chi connectivity index (χ2v) is 5.86. The summed E-state index contributed by atoms with van der Waals surface area (Å²) >= 11 is 5.84. The van der Waals surface area contributed by atoms with E-state index in [1.165, 1.54) is 12.4 Å². The van der Waals surface area contributed by atoms with Gasteiger partial charge in [0.05, 0.1) is 6.54 Å². The van der Waals surface area contributed by atoms with E-state index in [2.05, 4.69) is 15.3 Å². The number of benzene rings is 1. The largest absolute Gasteiger partial charge is 0.492 e. The molecule has 0 radical (unpaired) electrons. The third kappa shape index (κ3) is 5.87. The second kappa shape index (κ2) is 9.96. The lowest BCUT2D eigenvalue weighted by Gasteiger charge is -2.22. The van der Waals surface area contributed by atoms with Crippen LogP contribution in [0.3, 0.4) is 0 Å². The van der Waals surface area contributed by atoms with Crippen LogP contribution in [0.25, 0.3) is 0 Å². The number of nitrogens with one attached hydrogen (secondary N) is 1. The van der Waals surface area contributed by atoms with Crippen molar-refractivity contribution in [3.63, 3.8) is 0 Å². The molecular formula is C17H22ClF2N5O. The molecule has 0 saturated heterocycles. The third-order valence-electron chi connectivity index (χ3n) is 3.53. The molecule has 0 bridgehead atoms. The van der Waals surface area contributed by atoms with Gasteiger partial charge in [0, 0.05) is 31.0 Å². The molecule has 0 saturated carbocycles. The Morgan fingerprint density at radius 3 is 2.77 bits per heavy atom. The lowest BCUT2D eigenvalue weighted by molar-refractivity contribution is 0.0671. The smallest absolute Gasteiger partial charge is 0.319 e. The molecule has 0 spiro atoms. The maximum atomic E-state index is 12.9. The molecule has 9 heteroatoms. The van der Waals surface area contributed by atoms with Crippen molar-refractivity contribution in [2.75, 3.05) is 26.7 Å². The van der Waals surface area contributed by atoms with E-state index in [1.54, 1.807) is 24.3 Å². The number of hydrogen-bond acceptors (Lipinski definition) is 3. The topological polar surface area (TPSA) is 54.7 Å². The van der Waals surface area contributed by atoms with Crippen LogP contribution in [0.5, 0.6) is 5.75 Å². The first kappa shape index (κ1) is 20.0. The molecule has 6 nitrogen and oxygen atoms in total. The van der Waals surface area contributed by atoms with Crippen LogP contribution in [0.1, 0.15) is 19.3 Å². The van der Waals surface area contributed by atoms with Crippen molar-refractivity contribution in [1.29, 1.82) is 0 Å². The van der Waals surface area contributed by atoms with Crippen LogP contribution >= 0.6 is 11.6 Å². The first-order valence-corrected chi connectivity index (χ1v) is 8.56. The second-order valence-electron chi connectivity index (χ2n) is 5.42. The number of ether oxygens (including phenoxy) is 1. The van der Waals surface area contributed by atoms with Gasteiger partial charge in [0.1, 0.15) is 24.7 Å². The highest BCUT2D eigenvalue weighted by Crippen LogP contribution is 2.15. The fraction of sp³-hybridized carbons (Fsp3) is 0.412. The molecule has 142 valence electrons. The first-order chi connectivity index (χ1) is 12.5. The molecule has 2 aromatic rings. The Balaban J connectivity index is 1.92. The van der Waals surface area contributed by atoms with Crippen molar-refractivity contribution in [3.05, 3.63) is 47.5 Å². The molecule has 0 fully saturated rings. The average Bonchev–Trinajstić information content (AvgIpc) is 3.09. The van der Waals surface area contributed by atoms with Crippen LogP contribution in [-0.4, -0.2) is 47.2 Å². The van der Waals surface area contributed by atoms with E-state index >= 15 is 0 Å². The number of guanidine groups is 1. The molecule has 2 rings (SSSR count). The number of rotatable bonds is 8. The van der Waals surface area contributed by atoms with Crippen molar-refractivity contribution >= 4 is 17.6 Å². The van der Waals surface area contributed by atoms with E-state index in [0.29, 0.717) is 30.7 Å². The van der Waals surface area contributed by atoms with E-state index in [0.717, 1.165) is 10.3 Å². The van der Waals surface area contributed by atoms with Crippen LogP contribution in [0.4, 0.5) is 8.78 Å². The van der Waals surface area contributed by atoms with Crippen LogP contribution < -0.4 is 10.1 Å². The minimum atomic E-state index is -2.63. The Morgan fingerprint density at radius 1 is 1.38 bits per heavy atom. The predicted molar refractivity (Wildman–Crippen MR) is 97.9 cm³/mol. The summed E-state index contributed by atoms with van der Waals surface area (Å²) in [7, 11) is 1.85. The Hall–Kier alpha value is -2.35. The summed E-state index contributed by atoms with van der Waals surface area (Å²) in [6.07, 6.45) is 2.58. The molecule has 1 N–H and O–H groups in total. The zero-order valence-corrected chi connectivity index (χ0v) is 15.5. The van der Waals surface area contributed by atoms with E-state index in [1.807, 2.05) is 18.9 Å². The molecule has 0 unspecified atom stereocenters. The third-order valence-corrected chi connectivity index (χ3v) is 3.79. The number of halogens is 3. The summed E-state index contributed by atoms with van der Waals surface area (Å²) in [6, 6.07) is 7.12. The number of hydrogen-bond donors (Lipinski definition) is 1. The van der Waals surface area contributed by atoms with E-state index < -0.39 is 6.55 Å². The van der Waals surface area contributed by atoms with Gasteiger partial charge in [0.25, 0.3) is 0 Å². The Kier molecular flexibility index (Phi) is 7.65. The predicted octanol–water partition coefficient (Wildman–Crippen LogP) is 3.41. The number of aromatic nitrogens is 2. The Bertz CT molecular complexity index is 705. The van der Waals surface area contributed by atoms with Gasteiger partial charge in [0.2, 0.25) is 0 Å². The first-order valence-electron chi connectivity index (χ1n) is 8.19. The maximum absolute atomic E-state index is 12.9. The Labute approximate surface area is 156 Å². The molecule has 1 aromatic carbocycles. The summed E-state index contributed by atoms with van der Waals surface area (Å²) in [5.41, 5.74) is 0. The molecule has 1 aromatic heterocycles. The highest BCUT2D eigenvalue weighted by atomic mass is 35.5. The number of likely N-dealkylation sites (N-methyl/N-ethyl adjacent to an activating group) is 1. The Morgan fingerprint density at radius 2 is 2.12 bits per heavy atom. The molecule has 1 heterocycles. The number of nitrogens with zero attached hydrogens (tertiary/aromatic N) is 4. The van der Waals surface area contributed by atoms with Crippen LogP contribution in [0.15, 0.2) is 41.7 Å². The molecule has 0 amide bonds. The normalized spacial score (nSPS) is 11.7. The maximum Gasteiger partial charge on any atom is 0.319 e. The average molecular weight is 386 g/mol. The fourth-order valence-corrected chi connectivity index (χ4v) is 2.32. The van der Waals surface area contributed by atoms with Gasteiger partial charge in [-0.3, -0.25) is 4.57 Å². The van der Waals surface area contributed by atoms with Gasteiger partial charge in [0.15, 0.2) is 5.96 Å².